The third kappa shape index (κ3) is 1.69. The molecule has 2 heteroatoms. The Bertz CT molecular complexity index is 105. The van der Waals surface area contributed by atoms with E-state index in [1.54, 1.807) is 0 Å². The molecule has 0 radical (unpaired) electrons. The number of hydrogen-bond donors (Lipinski definition) is 0. The van der Waals surface area contributed by atoms with Crippen LogP contribution in [0.15, 0.2) is 0 Å². The Balaban J connectivity index is 2.38. The molecule has 0 aliphatic carbocycles. The lowest BCUT2D eigenvalue weighted by atomic mass is 9.94. The van der Waals surface area contributed by atoms with Gasteiger partial charge in [0.25, 0.3) is 0 Å². The van der Waals surface area contributed by atoms with Crippen molar-refractivity contribution < 1.29 is 4.39 Å². The maximum Gasteiger partial charge on any atom is 0.105 e. The Hall–Kier alpha value is -0.110. The first-order valence-corrected chi connectivity index (χ1v) is 4.06. The van der Waals surface area contributed by atoms with Gasteiger partial charge in [0.1, 0.15) is 6.17 Å². The van der Waals surface area contributed by atoms with Gasteiger partial charge in [0.2, 0.25) is 0 Å². The van der Waals surface area contributed by atoms with E-state index in [4.69, 9.17) is 0 Å². The summed E-state index contributed by atoms with van der Waals surface area (Å²) in [6.07, 6.45) is 1.17. The number of alkyl halides is 1. The summed E-state index contributed by atoms with van der Waals surface area (Å²) >= 11 is 0. The van der Waals surface area contributed by atoms with E-state index in [1.807, 2.05) is 0 Å². The Labute approximate surface area is 62.2 Å². The lowest BCUT2D eigenvalue weighted by Crippen LogP contribution is -2.38. The molecule has 0 unspecified atom stereocenters. The van der Waals surface area contributed by atoms with Gasteiger partial charge in [0, 0.05) is 19.0 Å². The smallest absolute Gasteiger partial charge is 0.105 e. The molecule has 1 aliphatic heterocycles. The van der Waals surface area contributed by atoms with Crippen LogP contribution in [0.5, 0.6) is 0 Å². The van der Waals surface area contributed by atoms with Crippen LogP contribution < -0.4 is 0 Å². The number of nitrogens with zero attached hydrogens (tertiary/aromatic N) is 1. The minimum Gasteiger partial charge on any atom is -0.306 e. The fraction of sp³-hybridized carbons (Fsp3) is 1.00. The van der Waals surface area contributed by atoms with Gasteiger partial charge < -0.3 is 4.90 Å². The molecule has 1 nitrogen and oxygen atoms in total. The van der Waals surface area contributed by atoms with E-state index in [9.17, 15) is 4.39 Å². The second-order valence-corrected chi connectivity index (χ2v) is 3.24. The van der Waals surface area contributed by atoms with Crippen LogP contribution in [0, 0.1) is 5.92 Å². The van der Waals surface area contributed by atoms with E-state index in [0.717, 1.165) is 25.9 Å². The third-order valence-corrected chi connectivity index (χ3v) is 2.37. The predicted octanol–water partition coefficient (Wildman–Crippen LogP) is 1.69. The minimum absolute atomic E-state index is 0.291. The molecule has 60 valence electrons. The van der Waals surface area contributed by atoms with Gasteiger partial charge in [-0.2, -0.15) is 0 Å². The predicted molar refractivity (Wildman–Crippen MR) is 40.8 cm³/mol. The molecule has 0 aromatic heterocycles. The molecule has 0 spiro atoms. The van der Waals surface area contributed by atoms with Crippen molar-refractivity contribution in [3.8, 4) is 0 Å². The van der Waals surface area contributed by atoms with Crippen LogP contribution in [-0.4, -0.2) is 31.2 Å². The highest BCUT2D eigenvalue weighted by molar-refractivity contribution is 4.77. The Morgan fingerprint density at radius 1 is 1.60 bits per heavy atom. The second kappa shape index (κ2) is 3.33. The second-order valence-electron chi connectivity index (χ2n) is 3.24. The normalized spacial score (nSPS) is 36.3. The Morgan fingerprint density at radius 3 is 2.80 bits per heavy atom. The molecule has 2 atom stereocenters. The first kappa shape index (κ1) is 7.99. The van der Waals surface area contributed by atoms with Gasteiger partial charge in [-0.25, -0.2) is 4.39 Å². The van der Waals surface area contributed by atoms with Gasteiger partial charge in [0.05, 0.1) is 0 Å². The van der Waals surface area contributed by atoms with Crippen LogP contribution in [0.4, 0.5) is 4.39 Å². The topological polar surface area (TPSA) is 3.24 Å². The van der Waals surface area contributed by atoms with E-state index in [2.05, 4.69) is 18.9 Å². The fourth-order valence-corrected chi connectivity index (χ4v) is 1.57. The number of likely N-dealkylation sites (tertiary alicyclic amines) is 1. The van der Waals surface area contributed by atoms with Crippen molar-refractivity contribution in [2.45, 2.75) is 25.9 Å². The lowest BCUT2D eigenvalue weighted by Gasteiger charge is -2.31. The SMILES string of the molecule is CC[C@@H]1CN(C)CC[C@@H]1F. The van der Waals surface area contributed by atoms with Crippen molar-refractivity contribution in [3.63, 3.8) is 0 Å². The highest BCUT2D eigenvalue weighted by Crippen LogP contribution is 2.21. The summed E-state index contributed by atoms with van der Waals surface area (Å²) in [6.45, 7) is 3.94. The molecule has 1 fully saturated rings. The largest absolute Gasteiger partial charge is 0.306 e. The van der Waals surface area contributed by atoms with Gasteiger partial charge in [-0.1, -0.05) is 6.92 Å². The van der Waals surface area contributed by atoms with Gasteiger partial charge in [0.15, 0.2) is 0 Å². The average Bonchev–Trinajstić information content (AvgIpc) is 1.94. The number of piperidine rings is 1. The summed E-state index contributed by atoms with van der Waals surface area (Å²) in [6, 6.07) is 0. The van der Waals surface area contributed by atoms with Crippen molar-refractivity contribution in [3.05, 3.63) is 0 Å². The third-order valence-electron chi connectivity index (χ3n) is 2.37. The lowest BCUT2D eigenvalue weighted by molar-refractivity contribution is 0.102. The molecular formula is C8H16FN. The van der Waals surface area contributed by atoms with E-state index >= 15 is 0 Å². The van der Waals surface area contributed by atoms with Gasteiger partial charge in [-0.3, -0.25) is 0 Å². The quantitative estimate of drug-likeness (QED) is 0.542. The van der Waals surface area contributed by atoms with Crippen LogP contribution in [0.3, 0.4) is 0 Å². The zero-order chi connectivity index (χ0) is 7.56. The highest BCUT2D eigenvalue weighted by Gasteiger charge is 2.25. The zero-order valence-electron chi connectivity index (χ0n) is 6.81. The van der Waals surface area contributed by atoms with Crippen LogP contribution in [0.2, 0.25) is 0 Å². The van der Waals surface area contributed by atoms with Crippen molar-refractivity contribution >= 4 is 0 Å². The van der Waals surface area contributed by atoms with Gasteiger partial charge in [-0.05, 0) is 19.9 Å². The average molecular weight is 145 g/mol. The Kier molecular flexibility index (Phi) is 2.66. The summed E-state index contributed by atoms with van der Waals surface area (Å²) in [5.41, 5.74) is 0. The standard InChI is InChI=1S/C8H16FN/c1-3-7-6-10(2)5-4-8(7)9/h7-8H,3-6H2,1-2H3/t7-,8+/m1/s1. The molecule has 0 saturated carbocycles. The maximum absolute atomic E-state index is 13.0. The first-order valence-electron chi connectivity index (χ1n) is 4.06. The molecule has 1 heterocycles. The Morgan fingerprint density at radius 2 is 2.30 bits per heavy atom. The van der Waals surface area contributed by atoms with Crippen molar-refractivity contribution in [2.24, 2.45) is 5.92 Å². The van der Waals surface area contributed by atoms with E-state index in [-0.39, 0.29) is 0 Å². The van der Waals surface area contributed by atoms with Crippen LogP contribution in [-0.2, 0) is 0 Å². The molecule has 0 aromatic rings. The fourth-order valence-electron chi connectivity index (χ4n) is 1.57. The minimum atomic E-state index is -0.541. The molecular weight excluding hydrogens is 129 g/mol. The number of rotatable bonds is 1. The van der Waals surface area contributed by atoms with E-state index in [1.165, 1.54) is 0 Å². The maximum atomic E-state index is 13.0. The van der Waals surface area contributed by atoms with Gasteiger partial charge in [-0.15, -0.1) is 0 Å². The van der Waals surface area contributed by atoms with Crippen LogP contribution in [0.25, 0.3) is 0 Å². The molecule has 1 rings (SSSR count). The molecule has 1 saturated heterocycles. The number of hydrogen-bond acceptors (Lipinski definition) is 1. The van der Waals surface area contributed by atoms with Crippen LogP contribution >= 0.6 is 0 Å². The van der Waals surface area contributed by atoms with Crippen molar-refractivity contribution in [2.75, 3.05) is 20.1 Å². The molecule has 0 aromatic carbocycles. The zero-order valence-corrected chi connectivity index (χ0v) is 6.81. The van der Waals surface area contributed by atoms with Gasteiger partial charge >= 0.3 is 0 Å². The first-order chi connectivity index (χ1) is 4.74. The molecule has 1 aliphatic rings. The number of halogens is 1. The summed E-state index contributed by atoms with van der Waals surface area (Å²) in [5, 5.41) is 0. The molecule has 0 N–H and O–H groups in total. The summed E-state index contributed by atoms with van der Waals surface area (Å²) in [4.78, 5) is 2.21. The van der Waals surface area contributed by atoms with Crippen molar-refractivity contribution in [1.29, 1.82) is 0 Å². The van der Waals surface area contributed by atoms with E-state index in [0.29, 0.717) is 5.92 Å². The monoisotopic (exact) mass is 145 g/mol. The molecule has 10 heavy (non-hydrogen) atoms. The summed E-state index contributed by atoms with van der Waals surface area (Å²) in [7, 11) is 2.06. The van der Waals surface area contributed by atoms with Crippen molar-refractivity contribution in [1.82, 2.24) is 4.90 Å². The highest BCUT2D eigenvalue weighted by atomic mass is 19.1. The summed E-state index contributed by atoms with van der Waals surface area (Å²) in [5.74, 6) is 0.291. The molecule has 0 bridgehead atoms. The van der Waals surface area contributed by atoms with E-state index < -0.39 is 6.17 Å². The summed E-state index contributed by atoms with van der Waals surface area (Å²) < 4.78 is 13.0. The molecule has 0 amide bonds. The van der Waals surface area contributed by atoms with Crippen LogP contribution in [0.1, 0.15) is 19.8 Å².